The molecule has 0 bridgehead atoms. The summed E-state index contributed by atoms with van der Waals surface area (Å²) in [4.78, 5) is 26.1. The molecule has 1 aliphatic rings. The molecule has 1 amide bonds. The quantitative estimate of drug-likeness (QED) is 0.672. The van der Waals surface area contributed by atoms with Crippen LogP contribution >= 0.6 is 24.0 Å². The van der Waals surface area contributed by atoms with Crippen molar-refractivity contribution in [2.45, 2.75) is 6.04 Å². The summed E-state index contributed by atoms with van der Waals surface area (Å²) in [6.45, 7) is 0. The summed E-state index contributed by atoms with van der Waals surface area (Å²) < 4.78 is 2.12. The molecular weight excluding hydrogens is 344 g/mol. The normalized spacial score (nSPS) is 17.5. The van der Waals surface area contributed by atoms with E-state index >= 15 is 0 Å². The van der Waals surface area contributed by atoms with Crippen molar-refractivity contribution in [2.24, 2.45) is 7.05 Å². The van der Waals surface area contributed by atoms with E-state index in [4.69, 9.17) is 12.2 Å². The van der Waals surface area contributed by atoms with Crippen LogP contribution < -0.4 is 0 Å². The first-order chi connectivity index (χ1) is 11.5. The second-order valence-electron chi connectivity index (χ2n) is 5.31. The van der Waals surface area contributed by atoms with Gasteiger partial charge in [0.25, 0.3) is 5.91 Å². The number of carboxylic acids is 1. The van der Waals surface area contributed by atoms with E-state index in [1.54, 1.807) is 36.4 Å². The molecule has 0 spiro atoms. The Hall–Kier alpha value is -2.38. The van der Waals surface area contributed by atoms with Gasteiger partial charge in [-0.3, -0.25) is 9.69 Å². The van der Waals surface area contributed by atoms with Gasteiger partial charge in [-0.2, -0.15) is 0 Å². The van der Waals surface area contributed by atoms with E-state index in [1.807, 2.05) is 30.1 Å². The van der Waals surface area contributed by atoms with Crippen LogP contribution in [0, 0.1) is 0 Å². The maximum atomic E-state index is 12.7. The van der Waals surface area contributed by atoms with Crippen LogP contribution in [-0.2, 0) is 16.6 Å². The van der Waals surface area contributed by atoms with E-state index < -0.39 is 12.0 Å². The van der Waals surface area contributed by atoms with E-state index in [0.717, 1.165) is 17.3 Å². The number of rotatable bonds is 4. The average molecular weight is 358 g/mol. The SMILES string of the molecule is Cn1ccc(/C=C2/SC(=S)N(C(C(=O)O)c3ccccc3)C2=O)c1. The van der Waals surface area contributed by atoms with E-state index in [9.17, 15) is 14.7 Å². The highest BCUT2D eigenvalue weighted by atomic mass is 32.2. The lowest BCUT2D eigenvalue weighted by atomic mass is 10.1. The van der Waals surface area contributed by atoms with Gasteiger partial charge in [-0.1, -0.05) is 54.3 Å². The Morgan fingerprint density at radius 2 is 2.00 bits per heavy atom. The molecule has 1 unspecified atom stereocenters. The Bertz CT molecular complexity index is 843. The second kappa shape index (κ2) is 6.62. The van der Waals surface area contributed by atoms with Gasteiger partial charge < -0.3 is 9.67 Å². The predicted octanol–water partition coefficient (Wildman–Crippen LogP) is 3.05. The van der Waals surface area contributed by atoms with Crippen LogP contribution in [0.5, 0.6) is 0 Å². The maximum Gasteiger partial charge on any atom is 0.331 e. The number of carbonyl (C=O) groups is 2. The number of hydrogen-bond acceptors (Lipinski definition) is 4. The van der Waals surface area contributed by atoms with Crippen molar-refractivity contribution in [1.29, 1.82) is 0 Å². The van der Waals surface area contributed by atoms with Crippen LogP contribution in [0.1, 0.15) is 17.2 Å². The molecule has 122 valence electrons. The number of aliphatic carboxylic acids is 1. The van der Waals surface area contributed by atoms with Crippen molar-refractivity contribution in [2.75, 3.05) is 0 Å². The van der Waals surface area contributed by atoms with Crippen molar-refractivity contribution in [3.8, 4) is 0 Å². The van der Waals surface area contributed by atoms with Crippen molar-refractivity contribution in [1.82, 2.24) is 9.47 Å². The molecule has 1 N–H and O–H groups in total. The van der Waals surface area contributed by atoms with Crippen LogP contribution in [0.4, 0.5) is 0 Å². The monoisotopic (exact) mass is 358 g/mol. The highest BCUT2D eigenvalue weighted by molar-refractivity contribution is 8.26. The summed E-state index contributed by atoms with van der Waals surface area (Å²) in [6, 6.07) is 9.38. The third-order valence-corrected chi connectivity index (χ3v) is 4.91. The fraction of sp³-hybridized carbons (Fsp3) is 0.118. The molecule has 0 radical (unpaired) electrons. The molecule has 1 aromatic heterocycles. The van der Waals surface area contributed by atoms with Gasteiger partial charge >= 0.3 is 5.97 Å². The van der Waals surface area contributed by atoms with Gasteiger partial charge in [0.15, 0.2) is 6.04 Å². The number of carboxylic acid groups (broad SMARTS) is 1. The number of thioether (sulfide) groups is 1. The maximum absolute atomic E-state index is 12.7. The van der Waals surface area contributed by atoms with Crippen LogP contribution in [0.15, 0.2) is 53.7 Å². The molecule has 1 saturated heterocycles. The number of aromatic nitrogens is 1. The fourth-order valence-corrected chi connectivity index (χ4v) is 3.81. The number of amides is 1. The fourth-order valence-electron chi connectivity index (χ4n) is 2.50. The Kier molecular flexibility index (Phi) is 4.55. The lowest BCUT2D eigenvalue weighted by Gasteiger charge is -2.23. The summed E-state index contributed by atoms with van der Waals surface area (Å²) >= 11 is 6.39. The number of aryl methyl sites for hydroxylation is 1. The Labute approximate surface area is 148 Å². The summed E-state index contributed by atoms with van der Waals surface area (Å²) in [5.74, 6) is -1.50. The molecular formula is C17H14N2O3S2. The molecule has 3 rings (SSSR count). The summed E-state index contributed by atoms with van der Waals surface area (Å²) in [5.41, 5.74) is 1.38. The van der Waals surface area contributed by atoms with Crippen LogP contribution in [0.25, 0.3) is 6.08 Å². The molecule has 1 atom stereocenters. The van der Waals surface area contributed by atoms with Crippen molar-refractivity contribution in [3.63, 3.8) is 0 Å². The van der Waals surface area contributed by atoms with E-state index in [1.165, 1.54) is 4.90 Å². The first-order valence-corrected chi connectivity index (χ1v) is 8.36. The largest absolute Gasteiger partial charge is 0.479 e. The molecule has 7 heteroatoms. The molecule has 0 aliphatic carbocycles. The van der Waals surface area contributed by atoms with Crippen molar-refractivity contribution < 1.29 is 14.7 Å². The summed E-state index contributed by atoms with van der Waals surface area (Å²) in [5, 5.41) is 9.62. The average Bonchev–Trinajstić information content (AvgIpc) is 3.07. The van der Waals surface area contributed by atoms with Crippen LogP contribution in [0.2, 0.25) is 0 Å². The Morgan fingerprint density at radius 1 is 1.29 bits per heavy atom. The highest BCUT2D eigenvalue weighted by Crippen LogP contribution is 2.38. The standard InChI is InChI=1S/C17H14N2O3S2/c1-18-8-7-11(10-18)9-13-15(20)19(17(23)24-13)14(16(21)22)12-5-3-2-4-6-12/h2-10,14H,1H3,(H,21,22)/b13-9+. The smallest absolute Gasteiger partial charge is 0.331 e. The number of nitrogens with zero attached hydrogens (tertiary/aromatic N) is 2. The number of hydrogen-bond donors (Lipinski definition) is 1. The Balaban J connectivity index is 1.96. The topological polar surface area (TPSA) is 62.5 Å². The van der Waals surface area contributed by atoms with Crippen LogP contribution in [0.3, 0.4) is 0 Å². The first kappa shape index (κ1) is 16.5. The van der Waals surface area contributed by atoms with Gasteiger partial charge in [-0.25, -0.2) is 4.79 Å². The zero-order chi connectivity index (χ0) is 17.3. The lowest BCUT2D eigenvalue weighted by Crippen LogP contribution is -2.37. The summed E-state index contributed by atoms with van der Waals surface area (Å²) in [7, 11) is 1.89. The van der Waals surface area contributed by atoms with Crippen LogP contribution in [-0.4, -0.2) is 30.8 Å². The highest BCUT2D eigenvalue weighted by Gasteiger charge is 2.41. The minimum atomic E-state index is -1.12. The number of thiocarbonyl (C=S) groups is 1. The third kappa shape index (κ3) is 3.13. The predicted molar refractivity (Wildman–Crippen MR) is 97.2 cm³/mol. The molecule has 2 heterocycles. The Morgan fingerprint density at radius 3 is 2.58 bits per heavy atom. The molecule has 1 fully saturated rings. The van der Waals surface area contributed by atoms with Crippen molar-refractivity contribution >= 4 is 46.3 Å². The number of carbonyl (C=O) groups excluding carboxylic acids is 1. The second-order valence-corrected chi connectivity index (χ2v) is 6.99. The molecule has 1 aliphatic heterocycles. The minimum Gasteiger partial charge on any atom is -0.479 e. The lowest BCUT2D eigenvalue weighted by molar-refractivity contribution is -0.145. The van der Waals surface area contributed by atoms with Gasteiger partial charge in [0, 0.05) is 19.4 Å². The first-order valence-electron chi connectivity index (χ1n) is 7.14. The number of benzene rings is 1. The van der Waals surface area contributed by atoms with Gasteiger partial charge in [0.2, 0.25) is 0 Å². The van der Waals surface area contributed by atoms with Gasteiger partial charge in [0.05, 0.1) is 4.91 Å². The molecule has 0 saturated carbocycles. The zero-order valence-corrected chi connectivity index (χ0v) is 14.4. The van der Waals surface area contributed by atoms with E-state index in [2.05, 4.69) is 0 Å². The van der Waals surface area contributed by atoms with Crippen molar-refractivity contribution in [3.05, 3.63) is 64.8 Å². The minimum absolute atomic E-state index is 0.249. The molecule has 5 nitrogen and oxygen atoms in total. The zero-order valence-electron chi connectivity index (χ0n) is 12.7. The third-order valence-electron chi connectivity index (χ3n) is 3.58. The van der Waals surface area contributed by atoms with E-state index in [0.29, 0.717) is 10.5 Å². The molecule has 2 aromatic rings. The summed E-state index contributed by atoms with van der Waals surface area (Å²) in [6.07, 6.45) is 5.47. The van der Waals surface area contributed by atoms with Gasteiger partial charge in [0.1, 0.15) is 4.32 Å². The molecule has 24 heavy (non-hydrogen) atoms. The van der Waals surface area contributed by atoms with Gasteiger partial charge in [-0.05, 0) is 23.3 Å². The van der Waals surface area contributed by atoms with Gasteiger partial charge in [-0.15, -0.1) is 0 Å². The molecule has 1 aromatic carbocycles. The van der Waals surface area contributed by atoms with E-state index in [-0.39, 0.29) is 10.2 Å².